The molecule has 0 saturated carbocycles. The van der Waals surface area contributed by atoms with Crippen molar-refractivity contribution in [2.75, 3.05) is 13.1 Å². The van der Waals surface area contributed by atoms with Gasteiger partial charge in [0.15, 0.2) is 0 Å². The lowest BCUT2D eigenvalue weighted by atomic mass is 9.84. The first-order valence-corrected chi connectivity index (χ1v) is 9.20. The van der Waals surface area contributed by atoms with E-state index in [0.29, 0.717) is 12.1 Å². The minimum absolute atomic E-state index is 0.0599. The molecule has 5 heteroatoms. The number of nitrogens with one attached hydrogen (secondary N) is 1. The van der Waals surface area contributed by atoms with Crippen molar-refractivity contribution >= 4 is 17.4 Å². The molecule has 3 rings (SSSR count). The first-order chi connectivity index (χ1) is 11.5. The van der Waals surface area contributed by atoms with Gasteiger partial charge in [0.2, 0.25) is 0 Å². The summed E-state index contributed by atoms with van der Waals surface area (Å²) >= 11 is 1.69. The summed E-state index contributed by atoms with van der Waals surface area (Å²) in [5.41, 5.74) is 0.167. The van der Waals surface area contributed by atoms with Gasteiger partial charge < -0.3 is 10.2 Å². The lowest BCUT2D eigenvalue weighted by Crippen LogP contribution is -2.44. The minimum atomic E-state index is -0.459. The van der Waals surface area contributed by atoms with Gasteiger partial charge in [-0.3, -0.25) is 0 Å². The van der Waals surface area contributed by atoms with E-state index in [1.165, 1.54) is 10.9 Å². The zero-order valence-corrected chi connectivity index (χ0v) is 14.9. The Bertz CT molecular complexity index is 699. The van der Waals surface area contributed by atoms with E-state index in [1.807, 2.05) is 36.3 Å². The molecule has 1 aliphatic rings. The van der Waals surface area contributed by atoms with Crippen LogP contribution in [-0.4, -0.2) is 24.0 Å². The van der Waals surface area contributed by atoms with Crippen LogP contribution in [0.5, 0.6) is 0 Å². The summed E-state index contributed by atoms with van der Waals surface area (Å²) in [5, 5.41) is 5.05. The Kier molecular flexibility index (Phi) is 4.90. The van der Waals surface area contributed by atoms with Crippen LogP contribution in [0.2, 0.25) is 0 Å². The number of urea groups is 1. The van der Waals surface area contributed by atoms with Crippen LogP contribution in [-0.2, 0) is 5.41 Å². The van der Waals surface area contributed by atoms with Crippen LogP contribution in [0.25, 0.3) is 0 Å². The smallest absolute Gasteiger partial charge is 0.317 e. The standard InChI is InChI=1S/C19H23FN2OS/c1-19(2,14-7-3-4-8-15(14)20)13-21-18(23)22-11-5-9-16(22)17-10-6-12-24-17/h3-4,6-8,10,12,16H,5,9,11,13H2,1-2H3,(H,21,23). The molecule has 1 fully saturated rings. The molecule has 128 valence electrons. The quantitative estimate of drug-likeness (QED) is 0.854. The van der Waals surface area contributed by atoms with E-state index < -0.39 is 5.41 Å². The van der Waals surface area contributed by atoms with Gasteiger partial charge in [0.05, 0.1) is 6.04 Å². The summed E-state index contributed by atoms with van der Waals surface area (Å²) in [6.45, 7) is 5.08. The Balaban J connectivity index is 1.66. The van der Waals surface area contributed by atoms with E-state index in [-0.39, 0.29) is 17.9 Å². The summed E-state index contributed by atoms with van der Waals surface area (Å²) in [6, 6.07) is 11.0. The van der Waals surface area contributed by atoms with Gasteiger partial charge in [-0.15, -0.1) is 11.3 Å². The molecule has 1 unspecified atom stereocenters. The fraction of sp³-hybridized carbons (Fsp3) is 0.421. The van der Waals surface area contributed by atoms with Crippen molar-refractivity contribution in [3.05, 3.63) is 58.0 Å². The molecule has 1 atom stereocenters. The number of hydrogen-bond donors (Lipinski definition) is 1. The number of thiophene rings is 1. The van der Waals surface area contributed by atoms with Crippen molar-refractivity contribution in [2.45, 2.75) is 38.1 Å². The molecule has 1 N–H and O–H groups in total. The van der Waals surface area contributed by atoms with Crippen LogP contribution in [0.1, 0.15) is 43.2 Å². The number of carbonyl (C=O) groups excluding carboxylic acids is 1. The Hall–Kier alpha value is -1.88. The largest absolute Gasteiger partial charge is 0.337 e. The van der Waals surface area contributed by atoms with Crippen LogP contribution < -0.4 is 5.32 Å². The summed E-state index contributed by atoms with van der Waals surface area (Å²) in [7, 11) is 0. The molecule has 1 aromatic carbocycles. The molecular formula is C19H23FN2OS. The lowest BCUT2D eigenvalue weighted by molar-refractivity contribution is 0.191. The number of amides is 2. The van der Waals surface area contributed by atoms with Gasteiger partial charge in [-0.05, 0) is 35.9 Å². The monoisotopic (exact) mass is 346 g/mol. The summed E-state index contributed by atoms with van der Waals surface area (Å²) in [6.07, 6.45) is 2.03. The van der Waals surface area contributed by atoms with Crippen LogP contribution in [0.15, 0.2) is 41.8 Å². The van der Waals surface area contributed by atoms with Crippen molar-refractivity contribution < 1.29 is 9.18 Å². The molecule has 2 aromatic rings. The molecule has 0 spiro atoms. The number of carbonyl (C=O) groups is 1. The number of benzene rings is 1. The number of rotatable bonds is 4. The van der Waals surface area contributed by atoms with Gasteiger partial charge in [0, 0.05) is 23.4 Å². The minimum Gasteiger partial charge on any atom is -0.337 e. The highest BCUT2D eigenvalue weighted by atomic mass is 32.1. The normalized spacial score (nSPS) is 18.0. The van der Waals surface area contributed by atoms with Crippen LogP contribution in [0, 0.1) is 5.82 Å². The second-order valence-electron chi connectivity index (χ2n) is 6.89. The fourth-order valence-corrected chi connectivity index (χ4v) is 4.16. The third-order valence-corrected chi connectivity index (χ3v) is 5.64. The summed E-state index contributed by atoms with van der Waals surface area (Å²) in [5.74, 6) is -0.227. The van der Waals surface area contributed by atoms with E-state index >= 15 is 0 Å². The third kappa shape index (κ3) is 3.46. The maximum Gasteiger partial charge on any atom is 0.317 e. The molecule has 24 heavy (non-hydrogen) atoms. The van der Waals surface area contributed by atoms with Crippen LogP contribution in [0.4, 0.5) is 9.18 Å². The average Bonchev–Trinajstić information content (AvgIpc) is 3.23. The Labute approximate surface area is 146 Å². The fourth-order valence-electron chi connectivity index (χ4n) is 3.29. The second-order valence-corrected chi connectivity index (χ2v) is 7.87. The van der Waals surface area contributed by atoms with E-state index in [4.69, 9.17) is 0 Å². The molecule has 1 aromatic heterocycles. The number of likely N-dealkylation sites (tertiary alicyclic amines) is 1. The van der Waals surface area contributed by atoms with E-state index in [1.54, 1.807) is 23.5 Å². The number of hydrogen-bond acceptors (Lipinski definition) is 2. The summed E-state index contributed by atoms with van der Waals surface area (Å²) < 4.78 is 14.0. The molecule has 3 nitrogen and oxygen atoms in total. The Morgan fingerprint density at radius 2 is 2.12 bits per heavy atom. The van der Waals surface area contributed by atoms with Gasteiger partial charge in [-0.25, -0.2) is 9.18 Å². The third-order valence-electron chi connectivity index (χ3n) is 4.67. The second kappa shape index (κ2) is 6.93. The summed E-state index contributed by atoms with van der Waals surface area (Å²) in [4.78, 5) is 15.8. The predicted molar refractivity (Wildman–Crippen MR) is 95.8 cm³/mol. The topological polar surface area (TPSA) is 32.3 Å². The Morgan fingerprint density at radius 1 is 1.33 bits per heavy atom. The molecule has 0 radical (unpaired) electrons. The van der Waals surface area contributed by atoms with Crippen molar-refractivity contribution in [1.82, 2.24) is 10.2 Å². The van der Waals surface area contributed by atoms with Gasteiger partial charge in [0.1, 0.15) is 5.82 Å². The van der Waals surface area contributed by atoms with Crippen molar-refractivity contribution in [3.63, 3.8) is 0 Å². The zero-order valence-electron chi connectivity index (χ0n) is 14.1. The van der Waals surface area contributed by atoms with Crippen LogP contribution in [0.3, 0.4) is 0 Å². The van der Waals surface area contributed by atoms with E-state index in [9.17, 15) is 9.18 Å². The Morgan fingerprint density at radius 3 is 2.83 bits per heavy atom. The number of halogens is 1. The van der Waals surface area contributed by atoms with Crippen molar-refractivity contribution in [3.8, 4) is 0 Å². The highest BCUT2D eigenvalue weighted by molar-refractivity contribution is 7.10. The lowest BCUT2D eigenvalue weighted by Gasteiger charge is -2.29. The van der Waals surface area contributed by atoms with Crippen molar-refractivity contribution in [1.29, 1.82) is 0 Å². The van der Waals surface area contributed by atoms with Gasteiger partial charge in [0.25, 0.3) is 0 Å². The average molecular weight is 346 g/mol. The van der Waals surface area contributed by atoms with Gasteiger partial charge in [-0.2, -0.15) is 0 Å². The molecule has 1 saturated heterocycles. The number of nitrogens with zero attached hydrogens (tertiary/aromatic N) is 1. The molecule has 2 heterocycles. The van der Waals surface area contributed by atoms with E-state index in [0.717, 1.165) is 19.4 Å². The van der Waals surface area contributed by atoms with Gasteiger partial charge in [-0.1, -0.05) is 38.1 Å². The molecule has 2 amide bonds. The molecule has 0 aliphatic carbocycles. The first-order valence-electron chi connectivity index (χ1n) is 8.32. The van der Waals surface area contributed by atoms with Crippen molar-refractivity contribution in [2.24, 2.45) is 0 Å². The predicted octanol–water partition coefficient (Wildman–Crippen LogP) is 4.71. The molecule has 1 aliphatic heterocycles. The maximum atomic E-state index is 14.0. The SMILES string of the molecule is CC(C)(CNC(=O)N1CCCC1c1cccs1)c1ccccc1F. The maximum absolute atomic E-state index is 14.0. The zero-order chi connectivity index (χ0) is 17.2. The van der Waals surface area contributed by atoms with Gasteiger partial charge >= 0.3 is 6.03 Å². The molecular weight excluding hydrogens is 323 g/mol. The highest BCUT2D eigenvalue weighted by Crippen LogP contribution is 2.34. The highest BCUT2D eigenvalue weighted by Gasteiger charge is 2.32. The van der Waals surface area contributed by atoms with E-state index in [2.05, 4.69) is 11.4 Å². The molecule has 0 bridgehead atoms. The first kappa shape index (κ1) is 17.0. The van der Waals surface area contributed by atoms with Crippen LogP contribution >= 0.6 is 11.3 Å².